The van der Waals surface area contributed by atoms with E-state index in [9.17, 15) is 4.79 Å². The molecule has 1 rings (SSSR count). The van der Waals surface area contributed by atoms with Crippen molar-refractivity contribution in [2.24, 2.45) is 0 Å². The van der Waals surface area contributed by atoms with Crippen molar-refractivity contribution in [1.82, 2.24) is 5.32 Å². The lowest BCUT2D eigenvalue weighted by Gasteiger charge is -2.30. The van der Waals surface area contributed by atoms with Gasteiger partial charge in [-0.25, -0.2) is 0 Å². The minimum Gasteiger partial charge on any atom is -0.459 e. The molecule has 0 bridgehead atoms. The Balaban J connectivity index is 0.000000400. The summed E-state index contributed by atoms with van der Waals surface area (Å²) in [5.41, 5.74) is -0.391. The first-order valence-electron chi connectivity index (χ1n) is 7.86. The number of hydrogen-bond acceptors (Lipinski definition) is 4. The molecule has 1 aliphatic heterocycles. The molecule has 1 aliphatic rings. The summed E-state index contributed by atoms with van der Waals surface area (Å²) in [5.74, 6) is -0.111. The SMILES string of the molecule is CC(C)(C)OC(=O)C1CCCN1.CC(C)(C)OC(C)(C)C. The molecule has 4 nitrogen and oxygen atoms in total. The lowest BCUT2D eigenvalue weighted by atomic mass is 10.1. The van der Waals surface area contributed by atoms with Gasteiger partial charge in [0.15, 0.2) is 0 Å². The van der Waals surface area contributed by atoms with Crippen LogP contribution < -0.4 is 5.32 Å². The Kier molecular flexibility index (Phi) is 7.37. The van der Waals surface area contributed by atoms with Crippen LogP contribution in [-0.4, -0.2) is 35.4 Å². The predicted octanol–water partition coefficient (Wildman–Crippen LogP) is 3.68. The van der Waals surface area contributed by atoms with Crippen molar-refractivity contribution < 1.29 is 14.3 Å². The molecule has 1 unspecified atom stereocenters. The highest BCUT2D eigenvalue weighted by Crippen LogP contribution is 2.18. The topological polar surface area (TPSA) is 47.6 Å². The standard InChI is InChI=1S/C9H17NO2.C8H18O/c1-9(2,3)12-8(11)7-5-4-6-10-7;1-7(2,3)9-8(4,5)6/h7,10H,4-6H2,1-3H3;1-6H3. The molecule has 4 heteroatoms. The van der Waals surface area contributed by atoms with Gasteiger partial charge < -0.3 is 14.8 Å². The Labute approximate surface area is 131 Å². The molecule has 0 amide bonds. The summed E-state index contributed by atoms with van der Waals surface area (Å²) in [6.07, 6.45) is 1.98. The van der Waals surface area contributed by atoms with Crippen molar-refractivity contribution in [3.63, 3.8) is 0 Å². The van der Waals surface area contributed by atoms with Crippen LogP contribution in [0.15, 0.2) is 0 Å². The minimum absolute atomic E-state index is 0.0156. The first-order valence-corrected chi connectivity index (χ1v) is 7.86. The number of carbonyl (C=O) groups excluding carboxylic acids is 1. The number of carbonyl (C=O) groups is 1. The summed E-state index contributed by atoms with van der Waals surface area (Å²) in [4.78, 5) is 11.4. The van der Waals surface area contributed by atoms with Crippen molar-refractivity contribution in [2.75, 3.05) is 6.54 Å². The number of hydrogen-bond donors (Lipinski definition) is 1. The van der Waals surface area contributed by atoms with E-state index in [2.05, 4.69) is 46.9 Å². The molecule has 1 heterocycles. The number of rotatable bonds is 1. The summed E-state index contributed by atoms with van der Waals surface area (Å²) >= 11 is 0. The van der Waals surface area contributed by atoms with Gasteiger partial charge in [0, 0.05) is 0 Å². The molecule has 1 N–H and O–H groups in total. The first kappa shape index (κ1) is 20.4. The van der Waals surface area contributed by atoms with E-state index in [0.717, 1.165) is 19.4 Å². The Hall–Kier alpha value is -0.610. The van der Waals surface area contributed by atoms with Crippen LogP contribution in [0.3, 0.4) is 0 Å². The van der Waals surface area contributed by atoms with Gasteiger partial charge in [-0.2, -0.15) is 0 Å². The highest BCUT2D eigenvalue weighted by molar-refractivity contribution is 5.76. The van der Waals surface area contributed by atoms with Crippen molar-refractivity contribution in [3.8, 4) is 0 Å². The average Bonchev–Trinajstić information content (AvgIpc) is 2.60. The van der Waals surface area contributed by atoms with Crippen LogP contribution in [-0.2, 0) is 14.3 Å². The number of esters is 1. The van der Waals surface area contributed by atoms with Crippen LogP contribution >= 0.6 is 0 Å². The van der Waals surface area contributed by atoms with Gasteiger partial charge in [0.2, 0.25) is 0 Å². The molecule has 21 heavy (non-hydrogen) atoms. The molecule has 1 saturated heterocycles. The third kappa shape index (κ3) is 12.8. The van der Waals surface area contributed by atoms with Gasteiger partial charge in [-0.05, 0) is 81.7 Å². The highest BCUT2D eigenvalue weighted by atomic mass is 16.6. The van der Waals surface area contributed by atoms with E-state index in [0.29, 0.717) is 0 Å². The van der Waals surface area contributed by atoms with E-state index in [1.807, 2.05) is 20.8 Å². The molecule has 0 spiro atoms. The molecule has 1 atom stereocenters. The second-order valence-electron chi connectivity index (χ2n) is 8.51. The Bertz CT molecular complexity index is 300. The fourth-order valence-corrected chi connectivity index (χ4v) is 2.18. The molecule has 0 radical (unpaired) electrons. The zero-order valence-corrected chi connectivity index (χ0v) is 15.4. The van der Waals surface area contributed by atoms with Gasteiger partial charge in [-0.15, -0.1) is 0 Å². The first-order chi connectivity index (χ1) is 9.20. The normalized spacial score (nSPS) is 19.8. The largest absolute Gasteiger partial charge is 0.459 e. The molecule has 0 aromatic heterocycles. The van der Waals surface area contributed by atoms with Gasteiger partial charge in [-0.3, -0.25) is 4.79 Å². The molecular weight excluding hydrogens is 266 g/mol. The molecule has 0 aromatic carbocycles. The zero-order valence-electron chi connectivity index (χ0n) is 15.4. The second-order valence-corrected chi connectivity index (χ2v) is 8.51. The summed E-state index contributed by atoms with van der Waals surface area (Å²) < 4.78 is 10.8. The van der Waals surface area contributed by atoms with Crippen molar-refractivity contribution >= 4 is 5.97 Å². The molecule has 0 aromatic rings. The molecule has 126 valence electrons. The van der Waals surface area contributed by atoms with Crippen LogP contribution in [0.4, 0.5) is 0 Å². The van der Waals surface area contributed by atoms with Gasteiger partial charge in [0.25, 0.3) is 0 Å². The maximum atomic E-state index is 11.4. The minimum atomic E-state index is -0.360. The van der Waals surface area contributed by atoms with E-state index >= 15 is 0 Å². The van der Waals surface area contributed by atoms with Crippen molar-refractivity contribution in [3.05, 3.63) is 0 Å². The lowest BCUT2D eigenvalue weighted by molar-refractivity contribution is -0.157. The fourth-order valence-electron chi connectivity index (χ4n) is 2.18. The van der Waals surface area contributed by atoms with Crippen LogP contribution in [0, 0.1) is 0 Å². The summed E-state index contributed by atoms with van der Waals surface area (Å²) in [7, 11) is 0. The average molecular weight is 301 g/mol. The third-order valence-corrected chi connectivity index (χ3v) is 2.36. The smallest absolute Gasteiger partial charge is 0.323 e. The van der Waals surface area contributed by atoms with Crippen LogP contribution in [0.2, 0.25) is 0 Å². The van der Waals surface area contributed by atoms with Crippen molar-refractivity contribution in [2.45, 2.75) is 98.0 Å². The molecular formula is C17H35NO3. The van der Waals surface area contributed by atoms with E-state index < -0.39 is 0 Å². The van der Waals surface area contributed by atoms with Gasteiger partial charge in [-0.1, -0.05) is 0 Å². The summed E-state index contributed by atoms with van der Waals surface area (Å²) in [6.45, 7) is 19.0. The van der Waals surface area contributed by atoms with Gasteiger partial charge in [0.1, 0.15) is 11.6 Å². The van der Waals surface area contributed by atoms with Crippen LogP contribution in [0.25, 0.3) is 0 Å². The maximum Gasteiger partial charge on any atom is 0.323 e. The highest BCUT2D eigenvalue weighted by Gasteiger charge is 2.27. The van der Waals surface area contributed by atoms with E-state index in [1.54, 1.807) is 0 Å². The molecule has 0 saturated carbocycles. The molecule has 0 aliphatic carbocycles. The summed E-state index contributed by atoms with van der Waals surface area (Å²) in [5, 5.41) is 3.10. The van der Waals surface area contributed by atoms with Gasteiger partial charge in [0.05, 0.1) is 11.2 Å². The van der Waals surface area contributed by atoms with E-state index in [1.165, 1.54) is 0 Å². The Morgan fingerprint density at radius 2 is 1.38 bits per heavy atom. The fraction of sp³-hybridized carbons (Fsp3) is 0.941. The number of nitrogens with one attached hydrogen (secondary N) is 1. The Morgan fingerprint density at radius 1 is 0.905 bits per heavy atom. The van der Waals surface area contributed by atoms with E-state index in [-0.39, 0.29) is 28.8 Å². The third-order valence-electron chi connectivity index (χ3n) is 2.36. The monoisotopic (exact) mass is 301 g/mol. The lowest BCUT2D eigenvalue weighted by Crippen LogP contribution is -2.37. The van der Waals surface area contributed by atoms with Crippen LogP contribution in [0.1, 0.15) is 75.2 Å². The quantitative estimate of drug-likeness (QED) is 0.751. The zero-order chi connectivity index (χ0) is 16.9. The molecule has 1 fully saturated rings. The second kappa shape index (κ2) is 7.59. The predicted molar refractivity (Wildman–Crippen MR) is 87.5 cm³/mol. The number of ether oxygens (including phenoxy) is 2. The van der Waals surface area contributed by atoms with Gasteiger partial charge >= 0.3 is 5.97 Å². The maximum absolute atomic E-state index is 11.4. The van der Waals surface area contributed by atoms with Crippen molar-refractivity contribution in [1.29, 1.82) is 0 Å². The summed E-state index contributed by atoms with van der Waals surface area (Å²) in [6, 6.07) is -0.0655. The van der Waals surface area contributed by atoms with E-state index in [4.69, 9.17) is 9.47 Å². The van der Waals surface area contributed by atoms with Crippen LogP contribution in [0.5, 0.6) is 0 Å². The Morgan fingerprint density at radius 3 is 1.62 bits per heavy atom.